The third-order valence-electron chi connectivity index (χ3n) is 7.85. The molecule has 37 heavy (non-hydrogen) atoms. The average molecular weight is 514 g/mol. The van der Waals surface area contributed by atoms with Gasteiger partial charge in [-0.1, -0.05) is 6.07 Å². The second-order valence-corrected chi connectivity index (χ2v) is 10.2. The number of aryl methyl sites for hydroxylation is 1. The third-order valence-corrected chi connectivity index (χ3v) is 7.85. The van der Waals surface area contributed by atoms with Crippen LogP contribution in [0.15, 0.2) is 36.7 Å². The molecule has 2 fully saturated rings. The third kappa shape index (κ3) is 4.43. The van der Waals surface area contributed by atoms with E-state index in [2.05, 4.69) is 9.88 Å². The first kappa shape index (κ1) is 25.1. The summed E-state index contributed by atoms with van der Waals surface area (Å²) in [7, 11) is 2.86. The summed E-state index contributed by atoms with van der Waals surface area (Å²) in [5.41, 5.74) is 2.77. The first-order valence-electron chi connectivity index (χ1n) is 12.1. The van der Waals surface area contributed by atoms with E-state index in [1.54, 1.807) is 31.5 Å². The number of pyridine rings is 1. The number of fused-ring (bicyclic) bond motifs is 1. The van der Waals surface area contributed by atoms with Crippen LogP contribution in [-0.4, -0.2) is 58.3 Å². The molecule has 1 saturated heterocycles. The summed E-state index contributed by atoms with van der Waals surface area (Å²) in [5, 5.41) is 10.4. The van der Waals surface area contributed by atoms with Gasteiger partial charge in [0.1, 0.15) is 11.4 Å². The van der Waals surface area contributed by atoms with Crippen LogP contribution in [0.25, 0.3) is 10.9 Å². The normalized spacial score (nSPS) is 20.5. The van der Waals surface area contributed by atoms with Gasteiger partial charge in [-0.05, 0) is 61.1 Å². The molecule has 1 saturated carbocycles. The van der Waals surface area contributed by atoms with E-state index < -0.39 is 23.4 Å². The van der Waals surface area contributed by atoms with Crippen LogP contribution < -0.4 is 4.74 Å². The van der Waals surface area contributed by atoms with Crippen molar-refractivity contribution in [3.63, 3.8) is 0 Å². The summed E-state index contributed by atoms with van der Waals surface area (Å²) in [6, 6.07) is 6.78. The Hall–Kier alpha value is -3.53. The molecule has 1 aliphatic carbocycles. The maximum atomic E-state index is 14.0. The van der Waals surface area contributed by atoms with Crippen molar-refractivity contribution in [2.75, 3.05) is 20.8 Å². The number of aromatic nitrogens is 2. The second kappa shape index (κ2) is 9.09. The highest BCUT2D eigenvalue weighted by Crippen LogP contribution is 2.60. The summed E-state index contributed by atoms with van der Waals surface area (Å²) in [4.78, 5) is 30.1. The summed E-state index contributed by atoms with van der Waals surface area (Å²) in [6.45, 7) is 2.85. The number of carbonyl (C=O) groups excluding carboxylic acids is 1. The SMILES string of the molecule is COC(=O)c1ccc(C2CC3(CCN2Cc2c(OC)cc(C)c4c2ccn4C(=O)O)CC(F)(F)C3)cn1. The Morgan fingerprint density at radius 1 is 1.22 bits per heavy atom. The van der Waals surface area contributed by atoms with Crippen LogP contribution >= 0.6 is 0 Å². The Morgan fingerprint density at radius 2 is 1.97 bits per heavy atom. The molecular weight excluding hydrogens is 484 g/mol. The highest BCUT2D eigenvalue weighted by atomic mass is 19.3. The Kier molecular flexibility index (Phi) is 6.18. The molecule has 1 aliphatic heterocycles. The number of hydrogen-bond acceptors (Lipinski definition) is 6. The lowest BCUT2D eigenvalue weighted by Crippen LogP contribution is -2.53. The van der Waals surface area contributed by atoms with Crippen LogP contribution in [0, 0.1) is 12.3 Å². The van der Waals surface area contributed by atoms with Gasteiger partial charge in [-0.15, -0.1) is 0 Å². The quantitative estimate of drug-likeness (QED) is 0.456. The number of hydrogen-bond donors (Lipinski definition) is 1. The number of alkyl halides is 2. The van der Waals surface area contributed by atoms with Gasteiger partial charge in [0.2, 0.25) is 5.92 Å². The maximum Gasteiger partial charge on any atom is 0.416 e. The van der Waals surface area contributed by atoms with Gasteiger partial charge in [0, 0.05) is 48.8 Å². The summed E-state index contributed by atoms with van der Waals surface area (Å²) in [5.74, 6) is -2.54. The van der Waals surface area contributed by atoms with E-state index in [1.165, 1.54) is 17.9 Å². The number of nitrogens with zero attached hydrogens (tertiary/aromatic N) is 3. The van der Waals surface area contributed by atoms with Gasteiger partial charge in [-0.3, -0.25) is 9.47 Å². The number of rotatable bonds is 5. The van der Waals surface area contributed by atoms with Crippen LogP contribution in [0.5, 0.6) is 5.75 Å². The molecule has 2 aromatic heterocycles. The largest absolute Gasteiger partial charge is 0.496 e. The molecule has 0 amide bonds. The molecule has 1 atom stereocenters. The number of esters is 1. The summed E-state index contributed by atoms with van der Waals surface area (Å²) < 4.78 is 39.6. The number of ether oxygens (including phenoxy) is 2. The van der Waals surface area contributed by atoms with E-state index >= 15 is 0 Å². The number of halogens is 2. The molecule has 10 heteroatoms. The number of methoxy groups -OCH3 is 2. The average Bonchev–Trinajstić information content (AvgIpc) is 3.31. The topological polar surface area (TPSA) is 93.9 Å². The summed E-state index contributed by atoms with van der Waals surface area (Å²) in [6.07, 6.45) is 2.99. The van der Waals surface area contributed by atoms with E-state index in [1.807, 2.05) is 13.0 Å². The second-order valence-electron chi connectivity index (χ2n) is 10.2. The molecule has 5 rings (SSSR count). The van der Waals surface area contributed by atoms with Gasteiger partial charge in [0.25, 0.3) is 0 Å². The van der Waals surface area contributed by atoms with Crippen molar-refractivity contribution in [2.45, 2.75) is 51.1 Å². The molecule has 1 aromatic carbocycles. The monoisotopic (exact) mass is 513 g/mol. The lowest BCUT2D eigenvalue weighted by atomic mass is 9.59. The van der Waals surface area contributed by atoms with Crippen molar-refractivity contribution >= 4 is 23.0 Å². The first-order chi connectivity index (χ1) is 17.6. The molecule has 0 radical (unpaired) electrons. The highest BCUT2D eigenvalue weighted by molar-refractivity contribution is 5.94. The molecule has 2 aliphatic rings. The smallest absolute Gasteiger partial charge is 0.416 e. The number of piperidine rings is 1. The van der Waals surface area contributed by atoms with Crippen molar-refractivity contribution in [3.05, 3.63) is 59.0 Å². The van der Waals surface area contributed by atoms with E-state index in [0.29, 0.717) is 37.2 Å². The molecule has 8 nitrogen and oxygen atoms in total. The molecule has 3 aromatic rings. The fraction of sp³-hybridized carbons (Fsp3) is 0.444. The zero-order valence-electron chi connectivity index (χ0n) is 21.0. The highest BCUT2D eigenvalue weighted by Gasteiger charge is 2.58. The van der Waals surface area contributed by atoms with Crippen molar-refractivity contribution in [1.82, 2.24) is 14.5 Å². The van der Waals surface area contributed by atoms with Crippen LogP contribution in [-0.2, 0) is 11.3 Å². The Morgan fingerprint density at radius 3 is 2.57 bits per heavy atom. The zero-order valence-corrected chi connectivity index (χ0v) is 21.0. The fourth-order valence-electron chi connectivity index (χ4n) is 6.16. The van der Waals surface area contributed by atoms with E-state index in [4.69, 9.17) is 9.47 Å². The van der Waals surface area contributed by atoms with Crippen LogP contribution in [0.4, 0.5) is 13.6 Å². The predicted molar refractivity (Wildman–Crippen MR) is 131 cm³/mol. The van der Waals surface area contributed by atoms with Gasteiger partial charge in [-0.2, -0.15) is 0 Å². The minimum Gasteiger partial charge on any atom is -0.496 e. The number of carboxylic acid groups (broad SMARTS) is 1. The van der Waals surface area contributed by atoms with Crippen molar-refractivity contribution < 1.29 is 33.0 Å². The number of carbonyl (C=O) groups is 2. The zero-order chi connectivity index (χ0) is 26.5. The Labute approximate surface area is 212 Å². The van der Waals surface area contributed by atoms with Crippen LogP contribution in [0.2, 0.25) is 0 Å². The molecule has 196 valence electrons. The number of likely N-dealkylation sites (tertiary alicyclic amines) is 1. The van der Waals surface area contributed by atoms with Gasteiger partial charge >= 0.3 is 12.1 Å². The minimum absolute atomic E-state index is 0.127. The molecule has 0 bridgehead atoms. The maximum absolute atomic E-state index is 14.0. The lowest BCUT2D eigenvalue weighted by molar-refractivity contribution is -0.186. The fourth-order valence-corrected chi connectivity index (χ4v) is 6.16. The minimum atomic E-state index is -2.63. The van der Waals surface area contributed by atoms with Crippen LogP contribution in [0.3, 0.4) is 0 Å². The van der Waals surface area contributed by atoms with Crippen LogP contribution in [0.1, 0.15) is 58.9 Å². The van der Waals surface area contributed by atoms with Gasteiger partial charge in [0.15, 0.2) is 0 Å². The molecule has 1 unspecified atom stereocenters. The van der Waals surface area contributed by atoms with E-state index in [0.717, 1.165) is 22.1 Å². The summed E-state index contributed by atoms with van der Waals surface area (Å²) >= 11 is 0. The van der Waals surface area contributed by atoms with E-state index in [9.17, 15) is 23.5 Å². The number of benzene rings is 1. The van der Waals surface area contributed by atoms with E-state index in [-0.39, 0.29) is 24.6 Å². The van der Waals surface area contributed by atoms with Crippen molar-refractivity contribution in [2.24, 2.45) is 5.41 Å². The Bertz CT molecular complexity index is 1360. The molecular formula is C27H29F2N3O5. The molecule has 1 spiro atoms. The van der Waals surface area contributed by atoms with Crippen molar-refractivity contribution in [3.8, 4) is 5.75 Å². The Balaban J connectivity index is 1.53. The van der Waals surface area contributed by atoms with Gasteiger partial charge < -0.3 is 14.6 Å². The van der Waals surface area contributed by atoms with Crippen molar-refractivity contribution in [1.29, 1.82) is 0 Å². The molecule has 3 heterocycles. The predicted octanol–water partition coefficient (Wildman–Crippen LogP) is 5.42. The van der Waals surface area contributed by atoms with Gasteiger partial charge in [0.05, 0.1) is 19.7 Å². The first-order valence-corrected chi connectivity index (χ1v) is 12.1. The lowest BCUT2D eigenvalue weighted by Gasteiger charge is -2.54. The molecule has 1 N–H and O–H groups in total. The van der Waals surface area contributed by atoms with Gasteiger partial charge in [-0.25, -0.2) is 23.4 Å². The standard InChI is InChI=1S/C27H29F2N3O5/c1-16-10-22(36-2)19(18-6-8-32(23(16)18)25(34)35)13-31-9-7-26(14-27(28,29)15-26)11-21(31)17-4-5-20(30-12-17)24(33)37-3/h4-6,8,10,12,21H,7,9,11,13-15H2,1-3H3,(H,34,35).